The number of phenolic OH excluding ortho intramolecular Hbond substituents is 1. The van der Waals surface area contributed by atoms with Crippen molar-refractivity contribution in [2.75, 3.05) is 20.1 Å². The molecule has 46 heavy (non-hydrogen) atoms. The number of nitrogens with zero attached hydrogens (tertiary/aromatic N) is 2. The average molecular weight is 633 g/mol. The zero-order chi connectivity index (χ0) is 32.4. The second-order valence-electron chi connectivity index (χ2n) is 13.3. The first-order chi connectivity index (χ1) is 22.0. The van der Waals surface area contributed by atoms with E-state index >= 15 is 0 Å². The maximum absolute atomic E-state index is 13.6. The van der Waals surface area contributed by atoms with E-state index < -0.39 is 34.9 Å². The smallest absolute Gasteiger partial charge is 0.416 e. The molecule has 3 aromatic carbocycles. The van der Waals surface area contributed by atoms with Crippen LogP contribution in [0.25, 0.3) is 6.08 Å². The van der Waals surface area contributed by atoms with Crippen LogP contribution in [0.4, 0.5) is 13.2 Å². The highest BCUT2D eigenvalue weighted by Gasteiger charge is 2.75. The number of benzene rings is 3. The number of amides is 1. The van der Waals surface area contributed by atoms with Crippen molar-refractivity contribution in [1.82, 2.24) is 9.80 Å². The Bertz CT molecular complexity index is 1680. The summed E-state index contributed by atoms with van der Waals surface area (Å²) in [6.07, 6.45) is 0.920. The van der Waals surface area contributed by atoms with Gasteiger partial charge in [0.05, 0.1) is 22.6 Å². The Morgan fingerprint density at radius 3 is 2.65 bits per heavy atom. The summed E-state index contributed by atoms with van der Waals surface area (Å²) in [5, 5.41) is 24.2. The van der Waals surface area contributed by atoms with Gasteiger partial charge in [-0.25, -0.2) is 0 Å². The number of carbonyl (C=O) groups is 1. The molecule has 2 bridgehead atoms. The molecule has 6 nitrogen and oxygen atoms in total. The van der Waals surface area contributed by atoms with Crippen molar-refractivity contribution in [3.05, 3.63) is 101 Å². The summed E-state index contributed by atoms with van der Waals surface area (Å²) in [5.74, 6) is -0.0962. The van der Waals surface area contributed by atoms with E-state index in [2.05, 4.69) is 24.0 Å². The molecule has 1 amide bonds. The minimum Gasteiger partial charge on any atom is -0.504 e. The van der Waals surface area contributed by atoms with Crippen molar-refractivity contribution in [3.63, 3.8) is 0 Å². The van der Waals surface area contributed by atoms with Crippen LogP contribution >= 0.6 is 0 Å². The van der Waals surface area contributed by atoms with Crippen LogP contribution in [0.15, 0.2) is 72.8 Å². The van der Waals surface area contributed by atoms with Crippen molar-refractivity contribution in [3.8, 4) is 11.5 Å². The molecule has 9 heteroatoms. The van der Waals surface area contributed by atoms with Crippen molar-refractivity contribution in [1.29, 1.82) is 0 Å². The third-order valence-electron chi connectivity index (χ3n) is 11.3. The third kappa shape index (κ3) is 4.57. The molecule has 2 heterocycles. The number of halogens is 3. The topological polar surface area (TPSA) is 73.2 Å². The predicted molar refractivity (Wildman–Crippen MR) is 168 cm³/mol. The summed E-state index contributed by atoms with van der Waals surface area (Å²) in [4.78, 5) is 17.7. The molecule has 1 spiro atoms. The Labute approximate surface area is 267 Å². The van der Waals surface area contributed by atoms with Gasteiger partial charge in [-0.3, -0.25) is 9.69 Å². The van der Waals surface area contributed by atoms with E-state index in [0.717, 1.165) is 42.8 Å². The zero-order valence-electron chi connectivity index (χ0n) is 26.0. The van der Waals surface area contributed by atoms with Crippen LogP contribution < -0.4 is 4.74 Å². The lowest BCUT2D eigenvalue weighted by Gasteiger charge is -2.67. The number of carbonyl (C=O) groups excluding carboxylic acids is 1. The fraction of sp³-hybridized carbons (Fsp3) is 0.432. The molecule has 2 fully saturated rings. The van der Waals surface area contributed by atoms with Gasteiger partial charge in [0.25, 0.3) is 0 Å². The second kappa shape index (κ2) is 11.2. The van der Waals surface area contributed by atoms with E-state index in [9.17, 15) is 28.2 Å². The van der Waals surface area contributed by atoms with Crippen LogP contribution in [-0.4, -0.2) is 69.8 Å². The normalized spacial score (nSPS) is 29.8. The van der Waals surface area contributed by atoms with E-state index in [-0.39, 0.29) is 29.2 Å². The van der Waals surface area contributed by atoms with Crippen LogP contribution in [0.1, 0.15) is 54.0 Å². The molecule has 3 aromatic rings. The highest BCUT2D eigenvalue weighted by molar-refractivity contribution is 5.92. The number of aromatic hydroxyl groups is 1. The van der Waals surface area contributed by atoms with Crippen molar-refractivity contribution in [2.45, 2.75) is 74.4 Å². The molecule has 0 unspecified atom stereocenters. The minimum absolute atomic E-state index is 0.0278. The third-order valence-corrected chi connectivity index (χ3v) is 11.3. The van der Waals surface area contributed by atoms with Gasteiger partial charge in [0.1, 0.15) is 6.10 Å². The molecule has 2 N–H and O–H groups in total. The SMILES string of the molecule is CC[C@H]1C[C@H](N(C)C(=O)C=Cc2cccc(C(F)(F)F)c2)[C@H]2Oc3c(O)ccc4c3[C@@]23CCN(CCc2ccccc2)[C@H](C4)[C@]13O. The highest BCUT2D eigenvalue weighted by Crippen LogP contribution is 2.67. The van der Waals surface area contributed by atoms with Gasteiger partial charge in [0, 0.05) is 31.3 Å². The van der Waals surface area contributed by atoms with Crippen LogP contribution in [0.2, 0.25) is 0 Å². The molecule has 2 aliphatic heterocycles. The number of likely N-dealkylation sites (tertiary alicyclic amines) is 1. The predicted octanol–water partition coefficient (Wildman–Crippen LogP) is 5.98. The van der Waals surface area contributed by atoms with Crippen molar-refractivity contribution < 1.29 is 32.9 Å². The van der Waals surface area contributed by atoms with Gasteiger partial charge < -0.3 is 19.8 Å². The fourth-order valence-electron chi connectivity index (χ4n) is 9.13. The van der Waals surface area contributed by atoms with Crippen LogP contribution in [0.3, 0.4) is 0 Å². The Hall–Kier alpha value is -3.82. The van der Waals surface area contributed by atoms with Gasteiger partial charge >= 0.3 is 6.18 Å². The second-order valence-corrected chi connectivity index (χ2v) is 13.3. The molecule has 1 saturated heterocycles. The number of likely N-dealkylation sites (N-methyl/N-ethyl adjacent to an activating group) is 1. The molecule has 242 valence electrons. The highest BCUT2D eigenvalue weighted by atomic mass is 19.4. The molecular weight excluding hydrogens is 593 g/mol. The van der Waals surface area contributed by atoms with E-state index in [0.29, 0.717) is 31.4 Å². The average Bonchev–Trinajstić information content (AvgIpc) is 3.40. The van der Waals surface area contributed by atoms with Gasteiger partial charge in [-0.05, 0) is 79.1 Å². The maximum Gasteiger partial charge on any atom is 0.416 e. The molecule has 0 radical (unpaired) electrons. The van der Waals surface area contributed by atoms with Crippen molar-refractivity contribution in [2.24, 2.45) is 5.92 Å². The number of alkyl halides is 3. The summed E-state index contributed by atoms with van der Waals surface area (Å²) in [6.45, 7) is 3.62. The molecular formula is C37H39F3N2O4. The van der Waals surface area contributed by atoms with Crippen LogP contribution in [0, 0.1) is 5.92 Å². The molecule has 1 saturated carbocycles. The van der Waals surface area contributed by atoms with Gasteiger partial charge in [-0.15, -0.1) is 0 Å². The number of hydrogen-bond acceptors (Lipinski definition) is 5. The van der Waals surface area contributed by atoms with E-state index in [1.54, 1.807) is 18.0 Å². The number of rotatable bonds is 7. The van der Waals surface area contributed by atoms with E-state index in [1.165, 1.54) is 29.8 Å². The number of phenols is 1. The standard InChI is InChI=1S/C37H39F3N2O4/c1-3-26-22-28(41(2)31(44)15-12-24-10-7-11-27(20-24)37(38,39)40)34-35-17-19-42(18-16-23-8-5-4-6-9-23)30(36(26,35)45)21-25-13-14-29(43)33(46-34)32(25)35/h4-15,20,26,28,30,34,43,45H,3,16-19,21-22H2,1-2H3/t26-,28-,30+,34+,35-,36+/m0/s1. The quantitative estimate of drug-likeness (QED) is 0.314. The van der Waals surface area contributed by atoms with Gasteiger partial charge in [-0.1, -0.05) is 61.9 Å². The van der Waals surface area contributed by atoms with E-state index in [1.807, 2.05) is 24.3 Å². The maximum atomic E-state index is 13.6. The van der Waals surface area contributed by atoms with Gasteiger partial charge in [-0.2, -0.15) is 13.2 Å². The van der Waals surface area contributed by atoms with Crippen molar-refractivity contribution >= 4 is 12.0 Å². The number of aliphatic hydroxyl groups is 1. The monoisotopic (exact) mass is 632 g/mol. The lowest BCUT2D eigenvalue weighted by atomic mass is 9.45. The first kappa shape index (κ1) is 30.8. The molecule has 7 rings (SSSR count). The summed E-state index contributed by atoms with van der Waals surface area (Å²) in [5.41, 5.74) is 0.700. The molecule has 0 aromatic heterocycles. The molecule has 2 aliphatic carbocycles. The first-order valence-electron chi connectivity index (χ1n) is 16.1. The van der Waals surface area contributed by atoms with Gasteiger partial charge in [0.2, 0.25) is 5.91 Å². The number of hydrogen-bond donors (Lipinski definition) is 2. The fourth-order valence-corrected chi connectivity index (χ4v) is 9.13. The first-order valence-corrected chi connectivity index (χ1v) is 16.1. The lowest BCUT2D eigenvalue weighted by Crippen LogP contribution is -2.81. The molecule has 6 atom stereocenters. The number of piperidine rings is 1. The summed E-state index contributed by atoms with van der Waals surface area (Å²) >= 11 is 0. The summed E-state index contributed by atoms with van der Waals surface area (Å²) in [7, 11) is 1.69. The Kier molecular flexibility index (Phi) is 7.48. The summed E-state index contributed by atoms with van der Waals surface area (Å²) in [6, 6.07) is 18.2. The largest absolute Gasteiger partial charge is 0.504 e. The Morgan fingerprint density at radius 2 is 1.91 bits per heavy atom. The lowest BCUT2D eigenvalue weighted by molar-refractivity contribution is -0.228. The minimum atomic E-state index is -4.48. The van der Waals surface area contributed by atoms with Crippen LogP contribution in [0.5, 0.6) is 11.5 Å². The summed E-state index contributed by atoms with van der Waals surface area (Å²) < 4.78 is 46.4. The Morgan fingerprint density at radius 1 is 1.13 bits per heavy atom. The Balaban J connectivity index is 1.23. The number of ether oxygens (including phenoxy) is 1. The van der Waals surface area contributed by atoms with Crippen LogP contribution in [-0.2, 0) is 29.2 Å². The zero-order valence-corrected chi connectivity index (χ0v) is 26.0. The van der Waals surface area contributed by atoms with Gasteiger partial charge in [0.15, 0.2) is 11.5 Å². The van der Waals surface area contributed by atoms with E-state index in [4.69, 9.17) is 4.74 Å². The molecule has 4 aliphatic rings.